The summed E-state index contributed by atoms with van der Waals surface area (Å²) in [6.07, 6.45) is 6.79. The predicted molar refractivity (Wildman–Crippen MR) is 121 cm³/mol. The quantitative estimate of drug-likeness (QED) is 0.236. The first kappa shape index (κ1) is 20.6. The van der Waals surface area contributed by atoms with Gasteiger partial charge in [0, 0.05) is 16.0 Å². The van der Waals surface area contributed by atoms with Crippen LogP contribution in [0.2, 0.25) is 5.02 Å². The van der Waals surface area contributed by atoms with Crippen LogP contribution < -0.4 is 10.2 Å². The molecule has 30 heavy (non-hydrogen) atoms. The number of hydrogen-bond acceptors (Lipinski definition) is 5. The Labute approximate surface area is 183 Å². The minimum absolute atomic E-state index is 0.0343. The maximum Gasteiger partial charge on any atom is 0.355 e. The fourth-order valence-electron chi connectivity index (χ4n) is 3.58. The van der Waals surface area contributed by atoms with E-state index in [9.17, 15) is 9.59 Å². The highest BCUT2D eigenvalue weighted by Gasteiger charge is 2.21. The number of carbonyl (C=O) groups is 2. The van der Waals surface area contributed by atoms with Crippen LogP contribution in [-0.4, -0.2) is 18.1 Å². The molecule has 7 heteroatoms. The maximum absolute atomic E-state index is 12.6. The second-order valence-electron chi connectivity index (χ2n) is 7.27. The van der Waals surface area contributed by atoms with E-state index in [1.165, 1.54) is 17.8 Å². The van der Waals surface area contributed by atoms with E-state index in [0.29, 0.717) is 21.2 Å². The number of esters is 1. The highest BCUT2D eigenvalue weighted by atomic mass is 35.5. The fraction of sp³-hybridized carbons (Fsp3) is 0.261. The van der Waals surface area contributed by atoms with Crippen molar-refractivity contribution in [1.29, 1.82) is 0 Å². The maximum atomic E-state index is 12.6. The summed E-state index contributed by atoms with van der Waals surface area (Å²) in [7, 11) is 0. The summed E-state index contributed by atoms with van der Waals surface area (Å²) in [5.74, 6) is -0.0980. The Hall–Kier alpha value is -2.70. The molecule has 0 atom stereocenters. The zero-order chi connectivity index (χ0) is 20.9. The molecule has 1 aliphatic rings. The molecular weight excluding hydrogens is 420 g/mol. The summed E-state index contributed by atoms with van der Waals surface area (Å²) < 4.78 is 6.45. The largest absolute Gasteiger partial charge is 0.422 e. The highest BCUT2D eigenvalue weighted by Crippen LogP contribution is 2.35. The van der Waals surface area contributed by atoms with Crippen LogP contribution in [0.1, 0.15) is 47.3 Å². The fourth-order valence-corrected chi connectivity index (χ4v) is 4.97. The number of nitrogens with zero attached hydrogens (tertiary/aromatic N) is 1. The Bertz CT molecular complexity index is 1100. The molecule has 1 N–H and O–H groups in total. The minimum Gasteiger partial charge on any atom is -0.422 e. The van der Waals surface area contributed by atoms with Crippen LogP contribution in [0.25, 0.3) is 10.1 Å². The van der Waals surface area contributed by atoms with Crippen molar-refractivity contribution in [2.75, 3.05) is 0 Å². The zero-order valence-corrected chi connectivity index (χ0v) is 17.8. The Kier molecular flexibility index (Phi) is 6.45. The molecule has 0 unspecified atom stereocenters. The van der Waals surface area contributed by atoms with Crippen molar-refractivity contribution in [1.82, 2.24) is 5.43 Å². The van der Waals surface area contributed by atoms with Crippen LogP contribution in [0.5, 0.6) is 5.75 Å². The first-order valence-electron chi connectivity index (χ1n) is 9.94. The summed E-state index contributed by atoms with van der Waals surface area (Å²) in [5, 5.41) is 5.30. The number of halogens is 1. The number of benzene rings is 2. The van der Waals surface area contributed by atoms with Gasteiger partial charge in [0.1, 0.15) is 10.6 Å². The lowest BCUT2D eigenvalue weighted by atomic mass is 9.89. The molecule has 1 aromatic heterocycles. The van der Waals surface area contributed by atoms with Gasteiger partial charge in [-0.1, -0.05) is 61.2 Å². The van der Waals surface area contributed by atoms with Crippen molar-refractivity contribution < 1.29 is 14.3 Å². The molecule has 5 nitrogen and oxygen atoms in total. The van der Waals surface area contributed by atoms with Crippen LogP contribution in [0.4, 0.5) is 0 Å². The number of fused-ring (bicyclic) bond motifs is 1. The number of amides is 1. The topological polar surface area (TPSA) is 67.8 Å². The van der Waals surface area contributed by atoms with Crippen LogP contribution in [0, 0.1) is 5.92 Å². The molecule has 154 valence electrons. The average Bonchev–Trinajstić information content (AvgIpc) is 3.11. The summed E-state index contributed by atoms with van der Waals surface area (Å²) in [4.78, 5) is 25.1. The molecule has 4 rings (SSSR count). The van der Waals surface area contributed by atoms with Crippen molar-refractivity contribution in [2.24, 2.45) is 11.0 Å². The van der Waals surface area contributed by atoms with Gasteiger partial charge in [0.05, 0.1) is 11.2 Å². The second kappa shape index (κ2) is 9.41. The number of ether oxygens (including phenoxy) is 1. The lowest BCUT2D eigenvalue weighted by molar-refractivity contribution is -0.125. The van der Waals surface area contributed by atoms with Crippen molar-refractivity contribution in [2.45, 2.75) is 32.1 Å². The first-order chi connectivity index (χ1) is 14.6. The van der Waals surface area contributed by atoms with Gasteiger partial charge in [-0.15, -0.1) is 11.3 Å². The number of rotatable bonds is 5. The first-order valence-corrected chi connectivity index (χ1v) is 11.1. The van der Waals surface area contributed by atoms with Gasteiger partial charge in [0.15, 0.2) is 0 Å². The molecule has 1 amide bonds. The Balaban J connectivity index is 1.40. The van der Waals surface area contributed by atoms with E-state index in [1.54, 1.807) is 24.4 Å². The van der Waals surface area contributed by atoms with E-state index in [2.05, 4.69) is 10.5 Å². The monoisotopic (exact) mass is 440 g/mol. The number of thiophene rings is 1. The third kappa shape index (κ3) is 4.71. The molecule has 0 saturated heterocycles. The van der Waals surface area contributed by atoms with Gasteiger partial charge in [-0.05, 0) is 36.6 Å². The zero-order valence-electron chi connectivity index (χ0n) is 16.3. The smallest absolute Gasteiger partial charge is 0.355 e. The van der Waals surface area contributed by atoms with Gasteiger partial charge in [0.25, 0.3) is 0 Å². The van der Waals surface area contributed by atoms with Crippen LogP contribution in [-0.2, 0) is 4.79 Å². The van der Waals surface area contributed by atoms with Gasteiger partial charge in [0.2, 0.25) is 5.91 Å². The van der Waals surface area contributed by atoms with Crippen molar-refractivity contribution in [3.63, 3.8) is 0 Å². The third-order valence-corrected chi connectivity index (χ3v) is 6.81. The summed E-state index contributed by atoms with van der Waals surface area (Å²) in [6, 6.07) is 14.5. The summed E-state index contributed by atoms with van der Waals surface area (Å²) in [6.45, 7) is 0. The van der Waals surface area contributed by atoms with Crippen LogP contribution in [0.15, 0.2) is 53.6 Å². The van der Waals surface area contributed by atoms with Gasteiger partial charge >= 0.3 is 5.97 Å². The van der Waals surface area contributed by atoms with Crippen molar-refractivity contribution in [3.8, 4) is 5.75 Å². The van der Waals surface area contributed by atoms with Gasteiger partial charge in [-0.2, -0.15) is 5.10 Å². The third-order valence-electron chi connectivity index (χ3n) is 5.15. The lowest BCUT2D eigenvalue weighted by Crippen LogP contribution is -2.28. The molecule has 1 heterocycles. The SMILES string of the molecule is O=C(Oc1cccc(/C=N\NC(=O)C2CCCCC2)c1)c1sc2ccccc2c1Cl. The molecule has 0 radical (unpaired) electrons. The Morgan fingerprint density at radius 2 is 1.90 bits per heavy atom. The molecule has 1 aliphatic carbocycles. The molecule has 0 aliphatic heterocycles. The number of carbonyl (C=O) groups excluding carboxylic acids is 2. The van der Waals surface area contributed by atoms with Gasteiger partial charge in [-0.3, -0.25) is 4.79 Å². The van der Waals surface area contributed by atoms with E-state index in [0.717, 1.165) is 35.8 Å². The van der Waals surface area contributed by atoms with Gasteiger partial charge < -0.3 is 4.74 Å². The molecule has 1 saturated carbocycles. The second-order valence-corrected chi connectivity index (χ2v) is 8.70. The molecule has 0 spiro atoms. The van der Waals surface area contributed by atoms with E-state index in [1.807, 2.05) is 30.3 Å². The lowest BCUT2D eigenvalue weighted by Gasteiger charge is -2.19. The van der Waals surface area contributed by atoms with E-state index in [4.69, 9.17) is 16.3 Å². The van der Waals surface area contributed by atoms with E-state index < -0.39 is 5.97 Å². The standard InChI is InChI=1S/C23H21ClN2O3S/c24-20-18-11-4-5-12-19(18)30-21(20)23(28)29-17-10-6-7-15(13-17)14-25-26-22(27)16-8-2-1-3-9-16/h4-7,10-14,16H,1-3,8-9H2,(H,26,27)/b25-14-. The van der Waals surface area contributed by atoms with Gasteiger partial charge in [-0.25, -0.2) is 10.2 Å². The highest BCUT2D eigenvalue weighted by molar-refractivity contribution is 7.21. The van der Waals surface area contributed by atoms with Crippen LogP contribution >= 0.6 is 22.9 Å². The number of nitrogens with one attached hydrogen (secondary N) is 1. The normalized spacial score (nSPS) is 14.8. The Morgan fingerprint density at radius 1 is 1.10 bits per heavy atom. The molecule has 2 aromatic carbocycles. The Morgan fingerprint density at radius 3 is 2.70 bits per heavy atom. The van der Waals surface area contributed by atoms with E-state index in [-0.39, 0.29) is 11.8 Å². The molecule has 0 bridgehead atoms. The average molecular weight is 441 g/mol. The minimum atomic E-state index is -0.499. The van der Waals surface area contributed by atoms with Crippen molar-refractivity contribution >= 4 is 51.1 Å². The molecule has 3 aromatic rings. The molecule has 1 fully saturated rings. The summed E-state index contributed by atoms with van der Waals surface area (Å²) in [5.41, 5.74) is 3.33. The number of hydrazone groups is 1. The number of hydrogen-bond donors (Lipinski definition) is 1. The van der Waals surface area contributed by atoms with Crippen molar-refractivity contribution in [3.05, 3.63) is 64.0 Å². The van der Waals surface area contributed by atoms with Crippen LogP contribution in [0.3, 0.4) is 0 Å². The molecular formula is C23H21ClN2O3S. The predicted octanol–water partition coefficient (Wildman–Crippen LogP) is 5.80. The van der Waals surface area contributed by atoms with E-state index >= 15 is 0 Å². The summed E-state index contributed by atoms with van der Waals surface area (Å²) >= 11 is 7.67.